The Morgan fingerprint density at radius 3 is 2.27 bits per heavy atom. The fourth-order valence-corrected chi connectivity index (χ4v) is 0.859. The molecule has 3 atom stereocenters. The summed E-state index contributed by atoms with van der Waals surface area (Å²) in [5.41, 5.74) is 10.3. The van der Waals surface area contributed by atoms with Crippen LogP contribution in [0.3, 0.4) is 0 Å². The molecule has 0 radical (unpaired) electrons. The Morgan fingerprint density at radius 2 is 2.00 bits per heavy atom. The molecule has 11 heavy (non-hydrogen) atoms. The van der Waals surface area contributed by atoms with Gasteiger partial charge in [-0.25, -0.2) is 0 Å². The van der Waals surface area contributed by atoms with Crippen LogP contribution in [0.15, 0.2) is 0 Å². The van der Waals surface area contributed by atoms with Crippen molar-refractivity contribution in [2.75, 3.05) is 6.54 Å². The molecule has 0 fully saturated rings. The van der Waals surface area contributed by atoms with Gasteiger partial charge < -0.3 is 16.6 Å². The molecular formula is C5H10Cl2N2O2. The number of hydrogen-bond acceptors (Lipinski definition) is 3. The van der Waals surface area contributed by atoms with Crippen molar-refractivity contribution in [3.63, 3.8) is 0 Å². The molecule has 0 aromatic heterocycles. The van der Waals surface area contributed by atoms with E-state index in [2.05, 4.69) is 0 Å². The number of carbonyl (C=O) groups is 1. The van der Waals surface area contributed by atoms with Crippen molar-refractivity contribution in [2.24, 2.45) is 11.5 Å². The first-order valence-corrected chi connectivity index (χ1v) is 3.84. The monoisotopic (exact) mass is 200 g/mol. The van der Waals surface area contributed by atoms with Gasteiger partial charge in [-0.15, -0.1) is 23.2 Å². The van der Waals surface area contributed by atoms with Gasteiger partial charge in [0.05, 0.1) is 10.8 Å². The van der Waals surface area contributed by atoms with Crippen LogP contribution in [0.2, 0.25) is 0 Å². The third-order valence-electron chi connectivity index (χ3n) is 1.20. The minimum absolute atomic E-state index is 0.108. The van der Waals surface area contributed by atoms with Crippen LogP contribution in [0.5, 0.6) is 0 Å². The Labute approximate surface area is 74.4 Å². The molecule has 0 bridgehead atoms. The second kappa shape index (κ2) is 4.77. The van der Waals surface area contributed by atoms with E-state index in [1.165, 1.54) is 0 Å². The van der Waals surface area contributed by atoms with E-state index in [0.29, 0.717) is 0 Å². The molecular weight excluding hydrogens is 191 g/mol. The van der Waals surface area contributed by atoms with Crippen molar-refractivity contribution >= 4 is 29.2 Å². The maximum Gasteiger partial charge on any atom is 0.322 e. The van der Waals surface area contributed by atoms with Crippen molar-refractivity contribution < 1.29 is 9.90 Å². The molecule has 5 N–H and O–H groups in total. The zero-order valence-corrected chi connectivity index (χ0v) is 7.22. The molecule has 0 rings (SSSR count). The first-order valence-electron chi connectivity index (χ1n) is 2.97. The Morgan fingerprint density at radius 1 is 1.55 bits per heavy atom. The quantitative estimate of drug-likeness (QED) is 0.538. The highest BCUT2D eigenvalue weighted by Crippen LogP contribution is 2.11. The van der Waals surface area contributed by atoms with Crippen molar-refractivity contribution in [1.82, 2.24) is 0 Å². The van der Waals surface area contributed by atoms with Gasteiger partial charge >= 0.3 is 5.97 Å². The molecule has 0 aromatic rings. The van der Waals surface area contributed by atoms with E-state index < -0.39 is 22.8 Å². The van der Waals surface area contributed by atoms with Crippen molar-refractivity contribution in [1.29, 1.82) is 0 Å². The van der Waals surface area contributed by atoms with Gasteiger partial charge in [-0.2, -0.15) is 0 Å². The van der Waals surface area contributed by atoms with Crippen LogP contribution in [0.4, 0.5) is 0 Å². The van der Waals surface area contributed by atoms with E-state index in [1.807, 2.05) is 0 Å². The molecule has 0 saturated carbocycles. The number of carboxylic acids is 1. The third kappa shape index (κ3) is 3.25. The highest BCUT2D eigenvalue weighted by atomic mass is 35.5. The number of halogens is 2. The highest BCUT2D eigenvalue weighted by molar-refractivity contribution is 6.31. The number of alkyl halides is 2. The van der Waals surface area contributed by atoms with Gasteiger partial charge in [0, 0.05) is 6.54 Å². The van der Waals surface area contributed by atoms with Gasteiger partial charge in [-0.05, 0) is 0 Å². The fourth-order valence-electron chi connectivity index (χ4n) is 0.491. The molecule has 0 heterocycles. The SMILES string of the molecule is NCC(Cl)C(Cl)C(N)C(=O)O. The Bertz CT molecular complexity index is 144. The maximum absolute atomic E-state index is 10.3. The van der Waals surface area contributed by atoms with Gasteiger partial charge in [0.2, 0.25) is 0 Å². The summed E-state index contributed by atoms with van der Waals surface area (Å²) < 4.78 is 0. The van der Waals surface area contributed by atoms with E-state index >= 15 is 0 Å². The topological polar surface area (TPSA) is 89.3 Å². The normalized spacial score (nSPS) is 18.9. The standard InChI is InChI=1S/C5H10Cl2N2O2/c6-2(1-8)3(7)4(9)5(10)11/h2-4H,1,8-9H2,(H,10,11). The molecule has 0 aliphatic rings. The van der Waals surface area contributed by atoms with Gasteiger partial charge in [-0.1, -0.05) is 0 Å². The van der Waals surface area contributed by atoms with Crippen LogP contribution in [-0.4, -0.2) is 34.4 Å². The minimum Gasteiger partial charge on any atom is -0.480 e. The van der Waals surface area contributed by atoms with Crippen LogP contribution < -0.4 is 11.5 Å². The Balaban J connectivity index is 4.00. The van der Waals surface area contributed by atoms with E-state index in [4.69, 9.17) is 39.8 Å². The Hall–Kier alpha value is -0.0300. The summed E-state index contributed by atoms with van der Waals surface area (Å²) in [6.45, 7) is 0.108. The van der Waals surface area contributed by atoms with Gasteiger partial charge in [-0.3, -0.25) is 4.79 Å². The summed E-state index contributed by atoms with van der Waals surface area (Å²) >= 11 is 11.1. The number of aliphatic carboxylic acids is 1. The van der Waals surface area contributed by atoms with Crippen LogP contribution >= 0.6 is 23.2 Å². The summed E-state index contributed by atoms with van der Waals surface area (Å²) in [6.07, 6.45) is 0. The van der Waals surface area contributed by atoms with E-state index in [9.17, 15) is 4.79 Å². The fraction of sp³-hybridized carbons (Fsp3) is 0.800. The molecule has 3 unspecified atom stereocenters. The van der Waals surface area contributed by atoms with Gasteiger partial charge in [0.1, 0.15) is 6.04 Å². The highest BCUT2D eigenvalue weighted by Gasteiger charge is 2.27. The number of nitrogens with two attached hydrogens (primary N) is 2. The molecule has 66 valence electrons. The first-order chi connectivity index (χ1) is 5.00. The number of carboxylic acid groups (broad SMARTS) is 1. The zero-order chi connectivity index (χ0) is 9.02. The predicted molar refractivity (Wildman–Crippen MR) is 43.9 cm³/mol. The van der Waals surface area contributed by atoms with E-state index in [-0.39, 0.29) is 6.54 Å². The second-order valence-electron chi connectivity index (χ2n) is 2.06. The van der Waals surface area contributed by atoms with Crippen LogP contribution in [0, 0.1) is 0 Å². The molecule has 0 amide bonds. The van der Waals surface area contributed by atoms with Gasteiger partial charge in [0.25, 0.3) is 0 Å². The lowest BCUT2D eigenvalue weighted by atomic mass is 10.1. The third-order valence-corrected chi connectivity index (χ3v) is 2.35. The maximum atomic E-state index is 10.3. The molecule has 0 aliphatic heterocycles. The van der Waals surface area contributed by atoms with E-state index in [0.717, 1.165) is 0 Å². The first kappa shape index (κ1) is 11.0. The average Bonchev–Trinajstić information content (AvgIpc) is 2.00. The van der Waals surface area contributed by atoms with Crippen molar-refractivity contribution in [3.05, 3.63) is 0 Å². The van der Waals surface area contributed by atoms with Gasteiger partial charge in [0.15, 0.2) is 0 Å². The lowest BCUT2D eigenvalue weighted by molar-refractivity contribution is -0.138. The minimum atomic E-state index is -1.18. The Kier molecular flexibility index (Phi) is 4.76. The smallest absolute Gasteiger partial charge is 0.322 e. The summed E-state index contributed by atoms with van der Waals surface area (Å²) in [6, 6.07) is -1.16. The molecule has 6 heteroatoms. The summed E-state index contributed by atoms with van der Waals surface area (Å²) in [7, 11) is 0. The van der Waals surface area contributed by atoms with Crippen molar-refractivity contribution in [2.45, 2.75) is 16.8 Å². The molecule has 0 aromatic carbocycles. The van der Waals surface area contributed by atoms with Crippen molar-refractivity contribution in [3.8, 4) is 0 Å². The van der Waals surface area contributed by atoms with Crippen LogP contribution in [0.1, 0.15) is 0 Å². The average molecular weight is 201 g/mol. The second-order valence-corrected chi connectivity index (χ2v) is 3.12. The molecule has 0 aliphatic carbocycles. The summed E-state index contributed by atoms with van der Waals surface area (Å²) in [5, 5.41) is 6.95. The van der Waals surface area contributed by atoms with Crippen LogP contribution in [-0.2, 0) is 4.79 Å². The molecule has 4 nitrogen and oxygen atoms in total. The van der Waals surface area contributed by atoms with Crippen LogP contribution in [0.25, 0.3) is 0 Å². The lowest BCUT2D eigenvalue weighted by Gasteiger charge is -2.17. The summed E-state index contributed by atoms with van der Waals surface area (Å²) in [5.74, 6) is -1.18. The zero-order valence-electron chi connectivity index (χ0n) is 5.71. The lowest BCUT2D eigenvalue weighted by Crippen LogP contribution is -2.45. The number of rotatable bonds is 4. The number of hydrogen-bond donors (Lipinski definition) is 3. The largest absolute Gasteiger partial charge is 0.480 e. The molecule has 0 saturated heterocycles. The summed E-state index contributed by atoms with van der Waals surface area (Å²) in [4.78, 5) is 10.3. The molecule has 0 spiro atoms. The van der Waals surface area contributed by atoms with E-state index in [1.54, 1.807) is 0 Å². The predicted octanol–water partition coefficient (Wildman–Crippen LogP) is -0.428.